The molecule has 1 aromatic carbocycles. The minimum absolute atomic E-state index is 0.187. The number of hydrogen-bond acceptors (Lipinski definition) is 5. The Morgan fingerprint density at radius 2 is 1.93 bits per heavy atom. The smallest absolute Gasteiger partial charge is 0.374 e. The molecule has 0 saturated carbocycles. The quantitative estimate of drug-likeness (QED) is 0.495. The lowest BCUT2D eigenvalue weighted by atomic mass is 10.1. The zero-order chi connectivity index (χ0) is 21.0. The maximum Gasteiger partial charge on any atom is 0.437 e. The zero-order valence-corrected chi connectivity index (χ0v) is 15.3. The number of H-pyrrole nitrogens is 1. The minimum Gasteiger partial charge on any atom is -0.374 e. The number of rotatable bonds is 6. The van der Waals surface area contributed by atoms with Gasteiger partial charge in [-0.15, -0.1) is 0 Å². The Bertz CT molecular complexity index is 1020. The lowest BCUT2D eigenvalue weighted by Gasteiger charge is -2.15. The van der Waals surface area contributed by atoms with E-state index in [0.29, 0.717) is 17.9 Å². The number of aromatic nitrogens is 4. The molecule has 3 rings (SSSR count). The number of hydrogen-bond donors (Lipinski definition) is 1. The van der Waals surface area contributed by atoms with Gasteiger partial charge in [0.2, 0.25) is 0 Å². The van der Waals surface area contributed by atoms with Crippen LogP contribution in [0.4, 0.5) is 17.6 Å². The highest BCUT2D eigenvalue weighted by atomic mass is 19.4. The number of halogens is 4. The summed E-state index contributed by atoms with van der Waals surface area (Å²) in [4.78, 5) is 9.88. The van der Waals surface area contributed by atoms with Crippen molar-refractivity contribution >= 4 is 12.4 Å². The number of aromatic amines is 1. The normalized spacial score (nSPS) is 12.1. The third-order valence-corrected chi connectivity index (χ3v) is 3.97. The van der Waals surface area contributed by atoms with Gasteiger partial charge in [0.05, 0.1) is 5.69 Å². The molecular formula is C19H16F4N6. The Kier molecular flexibility index (Phi) is 5.71. The van der Waals surface area contributed by atoms with Gasteiger partial charge >= 0.3 is 6.18 Å². The van der Waals surface area contributed by atoms with Crippen molar-refractivity contribution < 1.29 is 17.6 Å². The average Bonchev–Trinajstić information content (AvgIpc) is 3.18. The molecule has 0 aliphatic carbocycles. The zero-order valence-electron chi connectivity index (χ0n) is 15.3. The fourth-order valence-corrected chi connectivity index (χ4v) is 2.67. The van der Waals surface area contributed by atoms with E-state index in [-0.39, 0.29) is 17.1 Å². The van der Waals surface area contributed by atoms with Gasteiger partial charge in [0.15, 0.2) is 5.69 Å². The summed E-state index contributed by atoms with van der Waals surface area (Å²) >= 11 is 0. The van der Waals surface area contributed by atoms with Crippen molar-refractivity contribution in [3.63, 3.8) is 0 Å². The second kappa shape index (κ2) is 8.21. The lowest BCUT2D eigenvalue weighted by Crippen LogP contribution is -2.11. The molecule has 1 N–H and O–H groups in total. The van der Waals surface area contributed by atoms with Gasteiger partial charge in [-0.2, -0.15) is 28.6 Å². The van der Waals surface area contributed by atoms with Crippen LogP contribution in [0.1, 0.15) is 17.0 Å². The van der Waals surface area contributed by atoms with Crippen LogP contribution in [0.15, 0.2) is 53.8 Å². The van der Waals surface area contributed by atoms with E-state index in [4.69, 9.17) is 0 Å². The van der Waals surface area contributed by atoms with Crippen LogP contribution >= 0.6 is 0 Å². The van der Waals surface area contributed by atoms with Crippen molar-refractivity contribution in [1.82, 2.24) is 25.3 Å². The van der Waals surface area contributed by atoms with E-state index in [1.54, 1.807) is 30.3 Å². The van der Waals surface area contributed by atoms with E-state index in [2.05, 4.69) is 26.9 Å². The molecule has 3 aromatic rings. The van der Waals surface area contributed by atoms with Crippen LogP contribution in [0.3, 0.4) is 0 Å². The lowest BCUT2D eigenvalue weighted by molar-refractivity contribution is -0.140. The van der Waals surface area contributed by atoms with Gasteiger partial charge in [-0.05, 0) is 36.5 Å². The number of pyridine rings is 1. The summed E-state index contributed by atoms with van der Waals surface area (Å²) in [6, 6.07) is 8.87. The monoisotopic (exact) mass is 404 g/mol. The molecule has 0 spiro atoms. The van der Waals surface area contributed by atoms with Gasteiger partial charge < -0.3 is 4.90 Å². The number of alkyl halides is 3. The van der Waals surface area contributed by atoms with E-state index in [1.807, 2.05) is 5.21 Å². The van der Waals surface area contributed by atoms with Crippen LogP contribution in [0.2, 0.25) is 0 Å². The van der Waals surface area contributed by atoms with Crippen molar-refractivity contribution in [3.05, 3.63) is 71.6 Å². The van der Waals surface area contributed by atoms with Crippen LogP contribution in [-0.4, -0.2) is 39.1 Å². The maximum absolute atomic E-state index is 13.1. The van der Waals surface area contributed by atoms with Crippen molar-refractivity contribution in [2.45, 2.75) is 12.7 Å². The van der Waals surface area contributed by atoms with Gasteiger partial charge in [-0.3, -0.25) is 9.98 Å². The molecule has 150 valence electrons. The Morgan fingerprint density at radius 1 is 1.21 bits per heavy atom. The van der Waals surface area contributed by atoms with E-state index < -0.39 is 11.9 Å². The second-order valence-corrected chi connectivity index (χ2v) is 6.16. The molecule has 0 aliphatic heterocycles. The molecule has 2 aromatic heterocycles. The highest BCUT2D eigenvalue weighted by molar-refractivity contribution is 5.70. The van der Waals surface area contributed by atoms with Crippen LogP contribution in [0.25, 0.3) is 17.0 Å². The van der Waals surface area contributed by atoms with E-state index >= 15 is 0 Å². The van der Waals surface area contributed by atoms with Gasteiger partial charge in [-0.1, -0.05) is 12.1 Å². The molecule has 10 heteroatoms. The van der Waals surface area contributed by atoms with Gasteiger partial charge in [0.1, 0.15) is 17.2 Å². The number of nitrogens with one attached hydrogen (secondary N) is 1. The molecule has 29 heavy (non-hydrogen) atoms. The van der Waals surface area contributed by atoms with Crippen LogP contribution in [0.5, 0.6) is 0 Å². The molecule has 0 fully saturated rings. The molecule has 6 nitrogen and oxygen atoms in total. The van der Waals surface area contributed by atoms with Crippen LogP contribution in [0, 0.1) is 5.82 Å². The summed E-state index contributed by atoms with van der Waals surface area (Å²) in [5, 5.41) is 8.81. The SMILES string of the molecule is C=N/C(=C\N(C)Cc1ccc(F)cc1)c1cc(-c2n[nH]nc2C(F)(F)F)ccn1. The fraction of sp³-hybridized carbons (Fsp3) is 0.158. The first-order valence-electron chi connectivity index (χ1n) is 8.36. The largest absolute Gasteiger partial charge is 0.437 e. The Labute approximate surface area is 163 Å². The molecule has 2 heterocycles. The number of nitrogens with zero attached hydrogens (tertiary/aromatic N) is 5. The van der Waals surface area contributed by atoms with E-state index in [1.165, 1.54) is 30.5 Å². The average molecular weight is 404 g/mol. The van der Waals surface area contributed by atoms with Crippen molar-refractivity contribution in [2.24, 2.45) is 4.99 Å². The molecule has 0 amide bonds. The first-order valence-corrected chi connectivity index (χ1v) is 8.36. The maximum atomic E-state index is 13.1. The van der Waals surface area contributed by atoms with Gasteiger partial charge in [0, 0.05) is 31.6 Å². The van der Waals surface area contributed by atoms with Gasteiger partial charge in [-0.25, -0.2) is 4.39 Å². The Hall–Kier alpha value is -3.56. The summed E-state index contributed by atoms with van der Waals surface area (Å²) in [6.45, 7) is 3.97. The first kappa shape index (κ1) is 20.2. The van der Waals surface area contributed by atoms with Crippen molar-refractivity contribution in [1.29, 1.82) is 0 Å². The van der Waals surface area contributed by atoms with E-state index in [9.17, 15) is 17.6 Å². The molecule has 0 bridgehead atoms. The van der Waals surface area contributed by atoms with Crippen molar-refractivity contribution in [2.75, 3.05) is 7.05 Å². The molecular weight excluding hydrogens is 388 g/mol. The van der Waals surface area contributed by atoms with Gasteiger partial charge in [0.25, 0.3) is 0 Å². The standard InChI is InChI=1S/C19H16F4N6/c1-24-16(11-29(2)10-12-3-5-14(20)6-4-12)15-9-13(7-8-25-15)17-18(19(21,22)23)27-28-26-17/h3-9,11H,1,10H2,2H3,(H,26,27,28)/b16-11-. The number of benzene rings is 1. The fourth-order valence-electron chi connectivity index (χ4n) is 2.67. The molecule has 0 aliphatic rings. The van der Waals surface area contributed by atoms with E-state index in [0.717, 1.165) is 5.56 Å². The van der Waals surface area contributed by atoms with Crippen molar-refractivity contribution in [3.8, 4) is 11.3 Å². The number of aliphatic imine (C=N–C) groups is 1. The second-order valence-electron chi connectivity index (χ2n) is 6.16. The first-order chi connectivity index (χ1) is 13.8. The molecule has 0 saturated heterocycles. The molecule has 0 atom stereocenters. The van der Waals surface area contributed by atoms with Crippen LogP contribution in [-0.2, 0) is 12.7 Å². The highest BCUT2D eigenvalue weighted by Crippen LogP contribution is 2.34. The molecule has 0 radical (unpaired) electrons. The summed E-state index contributed by atoms with van der Waals surface area (Å²) < 4.78 is 52.3. The van der Waals surface area contributed by atoms with Crippen LogP contribution < -0.4 is 0 Å². The topological polar surface area (TPSA) is 70.1 Å². The summed E-state index contributed by atoms with van der Waals surface area (Å²) in [5.41, 5.74) is 0.289. The summed E-state index contributed by atoms with van der Waals surface area (Å²) in [5.74, 6) is -0.326. The minimum atomic E-state index is -4.64. The summed E-state index contributed by atoms with van der Waals surface area (Å²) in [6.07, 6.45) is -1.63. The Morgan fingerprint density at radius 3 is 2.59 bits per heavy atom. The third kappa shape index (κ3) is 4.84. The predicted octanol–water partition coefficient (Wildman–Crippen LogP) is 4.16. The third-order valence-electron chi connectivity index (χ3n) is 3.97. The highest BCUT2D eigenvalue weighted by Gasteiger charge is 2.38. The Balaban J connectivity index is 1.88. The molecule has 0 unspecified atom stereocenters. The predicted molar refractivity (Wildman–Crippen MR) is 100 cm³/mol. The summed E-state index contributed by atoms with van der Waals surface area (Å²) in [7, 11) is 1.78.